The first-order chi connectivity index (χ1) is 8.41. The van der Waals surface area contributed by atoms with Crippen LogP contribution in [0.2, 0.25) is 0 Å². The van der Waals surface area contributed by atoms with Crippen molar-refractivity contribution in [3.05, 3.63) is 50.9 Å². The van der Waals surface area contributed by atoms with E-state index in [0.29, 0.717) is 27.0 Å². The van der Waals surface area contributed by atoms with Crippen LogP contribution in [-0.4, -0.2) is 5.78 Å². The quantitative estimate of drug-likeness (QED) is 0.678. The third-order valence-corrected chi connectivity index (χ3v) is 3.68. The molecule has 0 saturated heterocycles. The molecule has 18 heavy (non-hydrogen) atoms. The third kappa shape index (κ3) is 2.08. The zero-order valence-electron chi connectivity index (χ0n) is 10.5. The predicted molar refractivity (Wildman–Crippen MR) is 74.9 cm³/mol. The van der Waals surface area contributed by atoms with E-state index in [9.17, 15) is 4.79 Å². The van der Waals surface area contributed by atoms with Crippen LogP contribution in [0, 0.1) is 20.8 Å². The lowest BCUT2D eigenvalue weighted by Crippen LogP contribution is -2.05. The predicted octanol–water partition coefficient (Wildman–Crippen LogP) is 3.78. The number of nitrogen functional groups attached to an aromatic ring is 1. The van der Waals surface area contributed by atoms with Gasteiger partial charge in [-0.1, -0.05) is 0 Å². The largest absolute Gasteiger partial charge is 0.466 e. The van der Waals surface area contributed by atoms with E-state index in [-0.39, 0.29) is 5.78 Å². The summed E-state index contributed by atoms with van der Waals surface area (Å²) in [6.07, 6.45) is 0. The van der Waals surface area contributed by atoms with Crippen LogP contribution in [0.1, 0.15) is 33.0 Å². The van der Waals surface area contributed by atoms with Crippen molar-refractivity contribution in [2.45, 2.75) is 20.8 Å². The van der Waals surface area contributed by atoms with Gasteiger partial charge >= 0.3 is 0 Å². The summed E-state index contributed by atoms with van der Waals surface area (Å²) in [6.45, 7) is 5.56. The first-order valence-electron chi connectivity index (χ1n) is 5.58. The Balaban J connectivity index is 2.55. The maximum Gasteiger partial charge on any atom is 0.197 e. The fraction of sp³-hybridized carbons (Fsp3) is 0.214. The van der Waals surface area contributed by atoms with Gasteiger partial charge in [0.15, 0.2) is 5.78 Å². The number of hydrogen-bond donors (Lipinski definition) is 1. The van der Waals surface area contributed by atoms with Gasteiger partial charge in [0.1, 0.15) is 11.5 Å². The van der Waals surface area contributed by atoms with Gasteiger partial charge in [0.25, 0.3) is 0 Å². The van der Waals surface area contributed by atoms with Gasteiger partial charge in [0, 0.05) is 21.3 Å². The average molecular weight is 308 g/mol. The highest BCUT2D eigenvalue weighted by molar-refractivity contribution is 9.10. The van der Waals surface area contributed by atoms with Crippen LogP contribution in [0.25, 0.3) is 0 Å². The summed E-state index contributed by atoms with van der Waals surface area (Å²) in [5.74, 6) is 1.38. The molecule has 0 spiro atoms. The normalized spacial score (nSPS) is 10.7. The number of halogens is 1. The van der Waals surface area contributed by atoms with E-state index in [4.69, 9.17) is 10.2 Å². The Morgan fingerprint density at radius 1 is 1.22 bits per heavy atom. The number of carbonyl (C=O) groups is 1. The second-order valence-electron chi connectivity index (χ2n) is 4.28. The monoisotopic (exact) mass is 307 g/mol. The molecule has 0 bridgehead atoms. The molecule has 1 aromatic carbocycles. The van der Waals surface area contributed by atoms with Crippen molar-refractivity contribution in [3.8, 4) is 0 Å². The second kappa shape index (κ2) is 4.61. The molecule has 0 unspecified atom stereocenters. The molecule has 2 N–H and O–H groups in total. The minimum Gasteiger partial charge on any atom is -0.466 e. The molecule has 0 fully saturated rings. The number of rotatable bonds is 2. The molecule has 0 radical (unpaired) electrons. The summed E-state index contributed by atoms with van der Waals surface area (Å²) in [5, 5.41) is 0. The average Bonchev–Trinajstić information content (AvgIpc) is 2.52. The van der Waals surface area contributed by atoms with E-state index in [1.807, 2.05) is 13.8 Å². The Morgan fingerprint density at radius 3 is 2.39 bits per heavy atom. The van der Waals surface area contributed by atoms with Gasteiger partial charge in [0.05, 0.1) is 5.56 Å². The first-order valence-corrected chi connectivity index (χ1v) is 6.37. The highest BCUT2D eigenvalue weighted by Gasteiger charge is 2.21. The zero-order valence-corrected chi connectivity index (χ0v) is 12.1. The number of ketones is 1. The molecular formula is C14H14BrNO2. The fourth-order valence-electron chi connectivity index (χ4n) is 1.98. The molecule has 0 aliphatic carbocycles. The summed E-state index contributed by atoms with van der Waals surface area (Å²) >= 11 is 3.37. The first kappa shape index (κ1) is 12.9. The van der Waals surface area contributed by atoms with E-state index < -0.39 is 0 Å². The van der Waals surface area contributed by atoms with Crippen molar-refractivity contribution >= 4 is 27.4 Å². The number of benzene rings is 1. The van der Waals surface area contributed by atoms with Crippen molar-refractivity contribution < 1.29 is 9.21 Å². The highest BCUT2D eigenvalue weighted by atomic mass is 79.9. The van der Waals surface area contributed by atoms with Crippen molar-refractivity contribution in [3.63, 3.8) is 0 Å². The standard InChI is InChI=1S/C14H14BrNO2/c1-7-8(2)18-9(3)13(7)14(17)11-5-4-10(16)6-12(11)15/h4-6H,16H2,1-3H3. The van der Waals surface area contributed by atoms with Crippen molar-refractivity contribution in [2.24, 2.45) is 0 Å². The van der Waals surface area contributed by atoms with Gasteiger partial charge in [-0.15, -0.1) is 0 Å². The summed E-state index contributed by atoms with van der Waals surface area (Å²) in [7, 11) is 0. The number of carbonyl (C=O) groups excluding carboxylic acids is 1. The van der Waals surface area contributed by atoms with Gasteiger partial charge in [-0.25, -0.2) is 0 Å². The maximum absolute atomic E-state index is 12.5. The topological polar surface area (TPSA) is 56.2 Å². The molecule has 0 aliphatic rings. The summed E-state index contributed by atoms with van der Waals surface area (Å²) < 4.78 is 6.19. The molecule has 2 rings (SSSR count). The third-order valence-electron chi connectivity index (χ3n) is 3.03. The molecule has 0 amide bonds. The minimum atomic E-state index is -0.0475. The number of nitrogens with two attached hydrogens (primary N) is 1. The van der Waals surface area contributed by atoms with Crippen LogP contribution in [0.3, 0.4) is 0 Å². The minimum absolute atomic E-state index is 0.0475. The Bertz CT molecular complexity index is 629. The highest BCUT2D eigenvalue weighted by Crippen LogP contribution is 2.28. The number of hydrogen-bond acceptors (Lipinski definition) is 3. The Kier molecular flexibility index (Phi) is 3.30. The molecule has 94 valence electrons. The molecule has 0 aliphatic heterocycles. The lowest BCUT2D eigenvalue weighted by atomic mass is 9.99. The lowest BCUT2D eigenvalue weighted by Gasteiger charge is -2.05. The van der Waals surface area contributed by atoms with Crippen LogP contribution in [0.5, 0.6) is 0 Å². The van der Waals surface area contributed by atoms with Crippen LogP contribution < -0.4 is 5.73 Å². The zero-order chi connectivity index (χ0) is 13.4. The molecule has 1 heterocycles. The lowest BCUT2D eigenvalue weighted by molar-refractivity contribution is 0.103. The Morgan fingerprint density at radius 2 is 1.89 bits per heavy atom. The van der Waals surface area contributed by atoms with E-state index in [2.05, 4.69) is 15.9 Å². The van der Waals surface area contributed by atoms with Gasteiger partial charge in [0.2, 0.25) is 0 Å². The fourth-order valence-corrected chi connectivity index (χ4v) is 2.55. The molecule has 3 nitrogen and oxygen atoms in total. The van der Waals surface area contributed by atoms with Crippen LogP contribution >= 0.6 is 15.9 Å². The van der Waals surface area contributed by atoms with Gasteiger partial charge in [-0.3, -0.25) is 4.79 Å². The summed E-state index contributed by atoms with van der Waals surface area (Å²) in [5.41, 5.74) is 8.41. The van der Waals surface area contributed by atoms with Crippen LogP contribution in [0.4, 0.5) is 5.69 Å². The number of aryl methyl sites for hydroxylation is 2. The summed E-state index contributed by atoms with van der Waals surface area (Å²) in [6, 6.07) is 5.17. The molecule has 1 aromatic heterocycles. The van der Waals surface area contributed by atoms with Crippen LogP contribution in [-0.2, 0) is 0 Å². The van der Waals surface area contributed by atoms with Crippen molar-refractivity contribution in [2.75, 3.05) is 5.73 Å². The maximum atomic E-state index is 12.5. The molecule has 0 saturated carbocycles. The smallest absolute Gasteiger partial charge is 0.197 e. The Hall–Kier alpha value is -1.55. The second-order valence-corrected chi connectivity index (χ2v) is 5.14. The van der Waals surface area contributed by atoms with Gasteiger partial charge in [-0.05, 0) is 54.9 Å². The SMILES string of the molecule is Cc1oc(C)c(C(=O)c2ccc(N)cc2Br)c1C. The van der Waals surface area contributed by atoms with E-state index in [1.165, 1.54) is 0 Å². The van der Waals surface area contributed by atoms with Crippen molar-refractivity contribution in [1.82, 2.24) is 0 Å². The van der Waals surface area contributed by atoms with Crippen molar-refractivity contribution in [1.29, 1.82) is 0 Å². The molecule has 0 atom stereocenters. The van der Waals surface area contributed by atoms with E-state index >= 15 is 0 Å². The molecule has 2 aromatic rings. The Labute approximate surface area is 114 Å². The van der Waals surface area contributed by atoms with Gasteiger partial charge in [-0.2, -0.15) is 0 Å². The van der Waals surface area contributed by atoms with Gasteiger partial charge < -0.3 is 10.2 Å². The van der Waals surface area contributed by atoms with E-state index in [0.717, 1.165) is 11.3 Å². The molecular weight excluding hydrogens is 294 g/mol. The van der Waals surface area contributed by atoms with E-state index in [1.54, 1.807) is 25.1 Å². The molecule has 4 heteroatoms. The summed E-state index contributed by atoms with van der Waals surface area (Å²) in [4.78, 5) is 12.5. The number of anilines is 1. The van der Waals surface area contributed by atoms with Crippen LogP contribution in [0.15, 0.2) is 27.1 Å². The number of furan rings is 1.